The Morgan fingerprint density at radius 2 is 1.90 bits per heavy atom. The predicted molar refractivity (Wildman–Crippen MR) is 85.5 cm³/mol. The number of piperazine rings is 1. The van der Waals surface area contributed by atoms with Crippen LogP contribution in [0.5, 0.6) is 0 Å². The number of carbonyl (C=O) groups excluding carboxylic acids is 1. The van der Waals surface area contributed by atoms with Gasteiger partial charge in [0.2, 0.25) is 5.91 Å². The smallest absolute Gasteiger partial charge is 0.227 e. The molecule has 1 aliphatic heterocycles. The van der Waals surface area contributed by atoms with Gasteiger partial charge in [0.05, 0.1) is 6.42 Å². The fourth-order valence-electron chi connectivity index (χ4n) is 3.17. The molecule has 1 unspecified atom stereocenters. The highest BCUT2D eigenvalue weighted by molar-refractivity contribution is 6.31. The Balaban J connectivity index is 1.52. The van der Waals surface area contributed by atoms with Crippen molar-refractivity contribution in [2.45, 2.75) is 32.2 Å². The third kappa shape index (κ3) is 3.58. The van der Waals surface area contributed by atoms with Crippen LogP contribution in [-0.4, -0.2) is 47.9 Å². The second-order valence-electron chi connectivity index (χ2n) is 6.26. The number of hydrogen-bond donors (Lipinski definition) is 0. The van der Waals surface area contributed by atoms with Crippen LogP contribution in [0.4, 0.5) is 0 Å². The molecule has 1 saturated carbocycles. The molecule has 0 aromatic heterocycles. The fourth-order valence-corrected chi connectivity index (χ4v) is 3.37. The molecule has 4 heteroatoms. The molecular formula is C17H23ClN2O. The molecule has 1 saturated heterocycles. The summed E-state index contributed by atoms with van der Waals surface area (Å²) in [4.78, 5) is 16.9. The third-order valence-electron chi connectivity index (χ3n) is 4.85. The first-order valence-corrected chi connectivity index (χ1v) is 8.28. The minimum atomic E-state index is 0.196. The first kappa shape index (κ1) is 14.9. The van der Waals surface area contributed by atoms with E-state index in [2.05, 4.69) is 11.8 Å². The zero-order valence-electron chi connectivity index (χ0n) is 12.6. The maximum Gasteiger partial charge on any atom is 0.227 e. The number of benzene rings is 1. The molecule has 1 aromatic carbocycles. The van der Waals surface area contributed by atoms with E-state index in [1.807, 2.05) is 29.2 Å². The van der Waals surface area contributed by atoms with Crippen LogP contribution in [0.3, 0.4) is 0 Å². The lowest BCUT2D eigenvalue weighted by molar-refractivity contribution is -0.132. The molecule has 114 valence electrons. The highest BCUT2D eigenvalue weighted by atomic mass is 35.5. The van der Waals surface area contributed by atoms with E-state index in [0.29, 0.717) is 17.5 Å². The minimum Gasteiger partial charge on any atom is -0.340 e. The van der Waals surface area contributed by atoms with Gasteiger partial charge in [-0.25, -0.2) is 0 Å². The summed E-state index contributed by atoms with van der Waals surface area (Å²) in [6, 6.07) is 8.30. The van der Waals surface area contributed by atoms with Crippen molar-refractivity contribution in [3.63, 3.8) is 0 Å². The molecule has 0 radical (unpaired) electrons. The molecule has 0 N–H and O–H groups in total. The second-order valence-corrected chi connectivity index (χ2v) is 6.67. The van der Waals surface area contributed by atoms with Crippen LogP contribution in [-0.2, 0) is 11.2 Å². The zero-order chi connectivity index (χ0) is 14.8. The van der Waals surface area contributed by atoms with Crippen molar-refractivity contribution < 1.29 is 4.79 Å². The van der Waals surface area contributed by atoms with E-state index in [1.165, 1.54) is 12.8 Å². The number of amides is 1. The SMILES string of the molecule is CC(C1CC1)N1CCN(C(=O)Cc2ccccc2Cl)CC1. The maximum absolute atomic E-state index is 12.4. The summed E-state index contributed by atoms with van der Waals surface area (Å²) in [5, 5.41) is 0.687. The van der Waals surface area contributed by atoms with E-state index < -0.39 is 0 Å². The van der Waals surface area contributed by atoms with Crippen LogP contribution in [0.25, 0.3) is 0 Å². The van der Waals surface area contributed by atoms with Gasteiger partial charge in [-0.2, -0.15) is 0 Å². The Morgan fingerprint density at radius 1 is 1.24 bits per heavy atom. The van der Waals surface area contributed by atoms with Crippen molar-refractivity contribution in [1.82, 2.24) is 9.80 Å². The number of rotatable bonds is 4. The summed E-state index contributed by atoms with van der Waals surface area (Å²) in [5.41, 5.74) is 0.929. The van der Waals surface area contributed by atoms with E-state index in [0.717, 1.165) is 37.7 Å². The molecule has 2 fully saturated rings. The van der Waals surface area contributed by atoms with Gasteiger partial charge < -0.3 is 4.90 Å². The van der Waals surface area contributed by atoms with Crippen molar-refractivity contribution in [1.29, 1.82) is 0 Å². The van der Waals surface area contributed by atoms with Gasteiger partial charge in [0.25, 0.3) is 0 Å². The van der Waals surface area contributed by atoms with E-state index in [9.17, 15) is 4.79 Å². The number of carbonyl (C=O) groups is 1. The van der Waals surface area contributed by atoms with Crippen molar-refractivity contribution in [3.05, 3.63) is 34.9 Å². The summed E-state index contributed by atoms with van der Waals surface area (Å²) in [5.74, 6) is 1.09. The Bertz CT molecular complexity index is 507. The summed E-state index contributed by atoms with van der Waals surface area (Å²) in [6.07, 6.45) is 3.18. The number of hydrogen-bond acceptors (Lipinski definition) is 2. The quantitative estimate of drug-likeness (QED) is 0.854. The van der Waals surface area contributed by atoms with Gasteiger partial charge in [-0.15, -0.1) is 0 Å². The van der Waals surface area contributed by atoms with Crippen LogP contribution in [0.15, 0.2) is 24.3 Å². The van der Waals surface area contributed by atoms with E-state index in [1.54, 1.807) is 0 Å². The molecule has 1 aromatic rings. The summed E-state index contributed by atoms with van der Waals surface area (Å²) in [7, 11) is 0. The minimum absolute atomic E-state index is 0.196. The zero-order valence-corrected chi connectivity index (χ0v) is 13.4. The van der Waals surface area contributed by atoms with Crippen molar-refractivity contribution in [3.8, 4) is 0 Å². The Hall–Kier alpha value is -1.06. The molecule has 1 amide bonds. The lowest BCUT2D eigenvalue weighted by Gasteiger charge is -2.38. The standard InChI is InChI=1S/C17H23ClN2O/c1-13(14-6-7-14)19-8-10-20(11-9-19)17(21)12-15-4-2-3-5-16(15)18/h2-5,13-14H,6-12H2,1H3. The van der Waals surface area contributed by atoms with E-state index >= 15 is 0 Å². The molecule has 3 rings (SSSR count). The van der Waals surface area contributed by atoms with E-state index in [-0.39, 0.29) is 5.91 Å². The molecule has 1 heterocycles. The normalized spacial score (nSPS) is 21.3. The van der Waals surface area contributed by atoms with Crippen LogP contribution in [0.1, 0.15) is 25.3 Å². The molecule has 3 nitrogen and oxygen atoms in total. The van der Waals surface area contributed by atoms with Gasteiger partial charge in [-0.3, -0.25) is 9.69 Å². The second kappa shape index (κ2) is 6.37. The average molecular weight is 307 g/mol. The molecule has 21 heavy (non-hydrogen) atoms. The summed E-state index contributed by atoms with van der Waals surface area (Å²) < 4.78 is 0. The molecule has 0 spiro atoms. The number of nitrogens with zero attached hydrogens (tertiary/aromatic N) is 2. The fraction of sp³-hybridized carbons (Fsp3) is 0.588. The van der Waals surface area contributed by atoms with Gasteiger partial charge in [0.1, 0.15) is 0 Å². The van der Waals surface area contributed by atoms with Crippen LogP contribution < -0.4 is 0 Å². The highest BCUT2D eigenvalue weighted by Crippen LogP contribution is 2.35. The Kier molecular flexibility index (Phi) is 4.51. The molecule has 2 aliphatic rings. The van der Waals surface area contributed by atoms with Gasteiger partial charge in [0.15, 0.2) is 0 Å². The van der Waals surface area contributed by atoms with Crippen molar-refractivity contribution in [2.24, 2.45) is 5.92 Å². The lowest BCUT2D eigenvalue weighted by Crippen LogP contribution is -2.52. The lowest BCUT2D eigenvalue weighted by atomic mass is 10.1. The third-order valence-corrected chi connectivity index (χ3v) is 5.22. The molecular weight excluding hydrogens is 284 g/mol. The van der Waals surface area contributed by atoms with Gasteiger partial charge in [-0.1, -0.05) is 29.8 Å². The monoisotopic (exact) mass is 306 g/mol. The summed E-state index contributed by atoms with van der Waals surface area (Å²) in [6.45, 7) is 6.04. The summed E-state index contributed by atoms with van der Waals surface area (Å²) >= 11 is 6.13. The molecule has 0 bridgehead atoms. The average Bonchev–Trinajstić information content (AvgIpc) is 3.34. The van der Waals surface area contributed by atoms with Crippen LogP contribution >= 0.6 is 11.6 Å². The van der Waals surface area contributed by atoms with Crippen molar-refractivity contribution in [2.75, 3.05) is 26.2 Å². The van der Waals surface area contributed by atoms with Gasteiger partial charge >= 0.3 is 0 Å². The predicted octanol–water partition coefficient (Wildman–Crippen LogP) is 2.83. The Morgan fingerprint density at radius 3 is 2.52 bits per heavy atom. The topological polar surface area (TPSA) is 23.6 Å². The molecule has 1 aliphatic carbocycles. The van der Waals surface area contributed by atoms with E-state index in [4.69, 9.17) is 11.6 Å². The first-order valence-electron chi connectivity index (χ1n) is 7.90. The maximum atomic E-state index is 12.4. The Labute approximate surface area is 131 Å². The van der Waals surface area contributed by atoms with Crippen LogP contribution in [0.2, 0.25) is 5.02 Å². The molecule has 1 atom stereocenters. The van der Waals surface area contributed by atoms with Crippen molar-refractivity contribution >= 4 is 17.5 Å². The van der Waals surface area contributed by atoms with Gasteiger partial charge in [0, 0.05) is 37.2 Å². The number of halogens is 1. The largest absolute Gasteiger partial charge is 0.340 e. The van der Waals surface area contributed by atoms with Gasteiger partial charge in [-0.05, 0) is 37.3 Å². The highest BCUT2D eigenvalue weighted by Gasteiger charge is 2.33. The van der Waals surface area contributed by atoms with Crippen LogP contribution in [0, 0.1) is 5.92 Å². The first-order chi connectivity index (χ1) is 10.1.